The fourth-order valence-electron chi connectivity index (χ4n) is 3.68. The number of fused-ring (bicyclic) bond motifs is 1. The van der Waals surface area contributed by atoms with Crippen LogP contribution in [-0.4, -0.2) is 48.1 Å². The molecule has 6 heteroatoms. The molecule has 27 heavy (non-hydrogen) atoms. The number of nitrogens with one attached hydrogen (secondary N) is 1. The van der Waals surface area contributed by atoms with E-state index in [2.05, 4.69) is 51.3 Å². The summed E-state index contributed by atoms with van der Waals surface area (Å²) in [5.74, 6) is 0.272. The number of halogens is 1. The normalized spacial score (nSPS) is 15.5. The predicted molar refractivity (Wildman–Crippen MR) is 108 cm³/mol. The van der Waals surface area contributed by atoms with E-state index in [0.29, 0.717) is 22.8 Å². The van der Waals surface area contributed by atoms with E-state index < -0.39 is 0 Å². The maximum atomic E-state index is 13.9. The Balaban J connectivity index is 1.48. The molecule has 0 bridgehead atoms. The molecule has 0 radical (unpaired) electrons. The summed E-state index contributed by atoms with van der Waals surface area (Å²) in [4.78, 5) is 13.1. The molecule has 0 aliphatic carbocycles. The van der Waals surface area contributed by atoms with Crippen molar-refractivity contribution in [3.05, 3.63) is 54.6 Å². The summed E-state index contributed by atoms with van der Waals surface area (Å²) in [6, 6.07) is 13.9. The Kier molecular flexibility index (Phi) is 4.90. The number of nitrogens with zero attached hydrogens (tertiary/aromatic N) is 4. The van der Waals surface area contributed by atoms with Gasteiger partial charge >= 0.3 is 0 Å². The van der Waals surface area contributed by atoms with Crippen molar-refractivity contribution in [3.63, 3.8) is 0 Å². The zero-order valence-electron chi connectivity index (χ0n) is 15.7. The van der Waals surface area contributed by atoms with Crippen molar-refractivity contribution in [3.8, 4) is 0 Å². The highest BCUT2D eigenvalue weighted by Crippen LogP contribution is 2.27. The van der Waals surface area contributed by atoms with Crippen molar-refractivity contribution >= 4 is 28.1 Å². The van der Waals surface area contributed by atoms with Crippen LogP contribution in [0.1, 0.15) is 12.8 Å². The van der Waals surface area contributed by atoms with E-state index in [0.717, 1.165) is 18.8 Å². The molecular weight excluding hydrogens is 341 g/mol. The maximum Gasteiger partial charge on any atom is 0.149 e. The van der Waals surface area contributed by atoms with Crippen molar-refractivity contribution in [2.45, 2.75) is 18.9 Å². The van der Waals surface area contributed by atoms with Crippen LogP contribution in [-0.2, 0) is 0 Å². The molecule has 5 nitrogen and oxygen atoms in total. The van der Waals surface area contributed by atoms with Gasteiger partial charge in [-0.15, -0.1) is 0 Å². The SMILES string of the molecule is CN(C)C1CCN(c2ccc(Nc3ncnc4c(F)cccc34)cc2)CC1. The minimum Gasteiger partial charge on any atom is -0.371 e. The summed E-state index contributed by atoms with van der Waals surface area (Å²) in [5, 5.41) is 3.96. The number of hydrogen-bond acceptors (Lipinski definition) is 5. The average molecular weight is 365 g/mol. The Labute approximate surface area is 158 Å². The van der Waals surface area contributed by atoms with Crippen LogP contribution in [0.2, 0.25) is 0 Å². The summed E-state index contributed by atoms with van der Waals surface area (Å²) >= 11 is 0. The second-order valence-corrected chi connectivity index (χ2v) is 7.21. The van der Waals surface area contributed by atoms with Crippen LogP contribution in [0.5, 0.6) is 0 Å². The van der Waals surface area contributed by atoms with Gasteiger partial charge in [0.2, 0.25) is 0 Å². The largest absolute Gasteiger partial charge is 0.371 e. The Hall–Kier alpha value is -2.73. The Morgan fingerprint density at radius 2 is 1.78 bits per heavy atom. The average Bonchev–Trinajstić information content (AvgIpc) is 2.69. The molecule has 1 aliphatic rings. The van der Waals surface area contributed by atoms with Gasteiger partial charge in [0.05, 0.1) is 0 Å². The molecule has 0 amide bonds. The van der Waals surface area contributed by atoms with Crippen LogP contribution in [0.25, 0.3) is 10.9 Å². The lowest BCUT2D eigenvalue weighted by Crippen LogP contribution is -2.41. The first-order valence-corrected chi connectivity index (χ1v) is 9.29. The first-order valence-electron chi connectivity index (χ1n) is 9.29. The van der Waals surface area contributed by atoms with E-state index in [4.69, 9.17) is 0 Å². The highest BCUT2D eigenvalue weighted by molar-refractivity contribution is 5.90. The van der Waals surface area contributed by atoms with Crippen molar-refractivity contribution < 1.29 is 4.39 Å². The minimum atomic E-state index is -0.338. The number of para-hydroxylation sites is 1. The lowest BCUT2D eigenvalue weighted by atomic mass is 10.0. The maximum absolute atomic E-state index is 13.9. The molecule has 0 unspecified atom stereocenters. The molecule has 1 aliphatic heterocycles. The van der Waals surface area contributed by atoms with Crippen LogP contribution in [0.4, 0.5) is 21.6 Å². The smallest absolute Gasteiger partial charge is 0.149 e. The van der Waals surface area contributed by atoms with E-state index >= 15 is 0 Å². The second-order valence-electron chi connectivity index (χ2n) is 7.21. The van der Waals surface area contributed by atoms with Gasteiger partial charge in [-0.1, -0.05) is 6.07 Å². The van der Waals surface area contributed by atoms with Crippen LogP contribution in [0.15, 0.2) is 48.8 Å². The van der Waals surface area contributed by atoms with Gasteiger partial charge in [0, 0.05) is 35.9 Å². The van der Waals surface area contributed by atoms with Gasteiger partial charge in [-0.05, 0) is 63.3 Å². The Bertz CT molecular complexity index is 918. The third-order valence-electron chi connectivity index (χ3n) is 5.31. The van der Waals surface area contributed by atoms with Gasteiger partial charge in [-0.25, -0.2) is 14.4 Å². The van der Waals surface area contributed by atoms with E-state index in [1.807, 2.05) is 18.2 Å². The third-order valence-corrected chi connectivity index (χ3v) is 5.31. The van der Waals surface area contributed by atoms with Gasteiger partial charge in [0.1, 0.15) is 23.5 Å². The molecule has 3 aromatic rings. The first-order chi connectivity index (χ1) is 13.1. The van der Waals surface area contributed by atoms with Gasteiger partial charge in [0.15, 0.2) is 0 Å². The third kappa shape index (κ3) is 3.71. The fourth-order valence-corrected chi connectivity index (χ4v) is 3.68. The van der Waals surface area contributed by atoms with Crippen molar-refractivity contribution in [1.82, 2.24) is 14.9 Å². The summed E-state index contributed by atoms with van der Waals surface area (Å²) in [7, 11) is 4.31. The first kappa shape index (κ1) is 17.7. The van der Waals surface area contributed by atoms with Crippen LogP contribution in [0.3, 0.4) is 0 Å². The number of hydrogen-bond donors (Lipinski definition) is 1. The summed E-state index contributed by atoms with van der Waals surface area (Å²) in [6.07, 6.45) is 3.76. The van der Waals surface area contributed by atoms with E-state index in [1.165, 1.54) is 30.9 Å². The van der Waals surface area contributed by atoms with E-state index in [9.17, 15) is 4.39 Å². The molecule has 4 rings (SSSR count). The monoisotopic (exact) mass is 365 g/mol. The highest BCUT2D eigenvalue weighted by Gasteiger charge is 2.20. The lowest BCUT2D eigenvalue weighted by molar-refractivity contribution is 0.249. The zero-order valence-corrected chi connectivity index (χ0v) is 15.7. The molecular formula is C21H24FN5. The molecule has 1 aromatic heterocycles. The molecule has 0 saturated carbocycles. The van der Waals surface area contributed by atoms with Crippen LogP contribution < -0.4 is 10.2 Å². The molecule has 2 heterocycles. The Morgan fingerprint density at radius 3 is 2.48 bits per heavy atom. The quantitative estimate of drug-likeness (QED) is 0.756. The van der Waals surface area contributed by atoms with Crippen molar-refractivity contribution in [2.24, 2.45) is 0 Å². The van der Waals surface area contributed by atoms with Crippen molar-refractivity contribution in [2.75, 3.05) is 37.4 Å². The van der Waals surface area contributed by atoms with Crippen LogP contribution >= 0.6 is 0 Å². The number of aromatic nitrogens is 2. The molecule has 1 saturated heterocycles. The number of rotatable bonds is 4. The fraction of sp³-hybridized carbons (Fsp3) is 0.333. The van der Waals surface area contributed by atoms with Gasteiger partial charge < -0.3 is 15.1 Å². The number of anilines is 3. The van der Waals surface area contributed by atoms with E-state index in [1.54, 1.807) is 6.07 Å². The summed E-state index contributed by atoms with van der Waals surface area (Å²) < 4.78 is 13.9. The summed E-state index contributed by atoms with van der Waals surface area (Å²) in [5.41, 5.74) is 2.48. The molecule has 1 fully saturated rings. The highest BCUT2D eigenvalue weighted by atomic mass is 19.1. The van der Waals surface area contributed by atoms with Crippen molar-refractivity contribution in [1.29, 1.82) is 0 Å². The molecule has 140 valence electrons. The molecule has 0 atom stereocenters. The predicted octanol–water partition coefficient (Wildman–Crippen LogP) is 4.04. The van der Waals surface area contributed by atoms with E-state index in [-0.39, 0.29) is 5.82 Å². The number of piperidine rings is 1. The minimum absolute atomic E-state index is 0.329. The topological polar surface area (TPSA) is 44.3 Å². The van der Waals surface area contributed by atoms with Crippen LogP contribution in [0, 0.1) is 5.82 Å². The summed E-state index contributed by atoms with van der Waals surface area (Å²) in [6.45, 7) is 2.15. The second kappa shape index (κ2) is 7.48. The van der Waals surface area contributed by atoms with Gasteiger partial charge in [-0.3, -0.25) is 0 Å². The standard InChI is InChI=1S/C21H24FN5/c1-26(2)16-10-12-27(13-11-16)17-8-6-15(7-9-17)25-21-18-4-3-5-19(22)20(18)23-14-24-21/h3-9,14,16H,10-13H2,1-2H3,(H,23,24,25). The zero-order chi connectivity index (χ0) is 18.8. The van der Waals surface area contributed by atoms with Gasteiger partial charge in [0.25, 0.3) is 0 Å². The Morgan fingerprint density at radius 1 is 1.04 bits per heavy atom. The molecule has 2 aromatic carbocycles. The molecule has 1 N–H and O–H groups in total. The van der Waals surface area contributed by atoms with Gasteiger partial charge in [-0.2, -0.15) is 0 Å². The molecule has 0 spiro atoms. The number of benzene rings is 2. The lowest BCUT2D eigenvalue weighted by Gasteiger charge is -2.36.